The van der Waals surface area contributed by atoms with Gasteiger partial charge < -0.3 is 67.3 Å². The van der Waals surface area contributed by atoms with Gasteiger partial charge in [-0.2, -0.15) is 29.9 Å². The summed E-state index contributed by atoms with van der Waals surface area (Å²) in [6.45, 7) is 53.4. The van der Waals surface area contributed by atoms with E-state index in [-0.39, 0.29) is 46.5 Å². The quantitative estimate of drug-likeness (QED) is 0.00922. The first-order valence-electron chi connectivity index (χ1n) is 35.1. The molecule has 102 heavy (non-hydrogen) atoms. The molecule has 0 fully saturated rings. The van der Waals surface area contributed by atoms with Crippen molar-refractivity contribution >= 4 is 133 Å². The van der Waals surface area contributed by atoms with Crippen LogP contribution in [0, 0.1) is 22.7 Å². The third kappa shape index (κ3) is 34.3. The predicted octanol–water partition coefficient (Wildman–Crippen LogP) is 17.9. The molecule has 560 valence electrons. The zero-order valence-corrected chi connectivity index (χ0v) is 71.0. The summed E-state index contributed by atoms with van der Waals surface area (Å²) in [7, 11) is -12.0. The number of hydrogen-bond acceptors (Lipinski definition) is 24. The van der Waals surface area contributed by atoms with E-state index in [4.69, 9.17) is 35.4 Å². The third-order valence-corrected chi connectivity index (χ3v) is 32.6. The number of ether oxygens (including phenoxy) is 4. The van der Waals surface area contributed by atoms with Crippen LogP contribution in [0.3, 0.4) is 0 Å². The molecule has 4 aromatic carbocycles. The molecule has 30 heteroatoms. The van der Waals surface area contributed by atoms with E-state index in [2.05, 4.69) is 153 Å². The highest BCUT2D eigenvalue weighted by atomic mass is 28.5. The summed E-state index contributed by atoms with van der Waals surface area (Å²) in [5.41, 5.74) is 4.30. The van der Waals surface area contributed by atoms with Gasteiger partial charge in [0.25, 0.3) is 0 Å². The Bertz CT molecular complexity index is 3440. The molecular formula is C72H116N12O12Si6. The molecule has 0 amide bonds. The molecule has 24 nitrogen and oxygen atoms in total. The van der Waals surface area contributed by atoms with Crippen molar-refractivity contribution in [3.8, 4) is 0 Å². The number of aromatic nitrogens is 6. The number of carbonyl (C=O) groups is 4. The summed E-state index contributed by atoms with van der Waals surface area (Å²) >= 11 is 0. The number of nitrogens with zero attached hydrogens (tertiary/aromatic N) is 6. The van der Waals surface area contributed by atoms with Crippen molar-refractivity contribution in [3.05, 3.63) is 119 Å². The number of esters is 4. The SMILES string of the molecule is CC(C)(C)COC(=O)c1ccc(Nc2nc(NCCC[Si](C)(O[Si](C)(C)C)O[Si](C)(C)C)nc(Nc3ccc(C(=O)OCC(C)(C)C)cc3)n2)cc1.CC(C)COC(=O)c1ccc(Nc2nc(NCCC[Si](C)(O[Si](C)(C)C)O[Si](C)(C)C)nc(Nc3ccc(C(=O)OCC(C)C)cc3)n2)cc1. The minimum Gasteiger partial charge on any atom is -0.462 e. The lowest BCUT2D eigenvalue weighted by Crippen LogP contribution is -2.52. The number of benzene rings is 4. The average Bonchev–Trinajstić information content (AvgIpc) is 0.846. The van der Waals surface area contributed by atoms with Crippen molar-refractivity contribution in [1.29, 1.82) is 0 Å². The summed E-state index contributed by atoms with van der Waals surface area (Å²) in [6, 6.07) is 29.5. The van der Waals surface area contributed by atoms with E-state index in [1.54, 1.807) is 97.1 Å². The fourth-order valence-corrected chi connectivity index (χ4v) is 34.9. The first-order chi connectivity index (χ1) is 47.2. The van der Waals surface area contributed by atoms with Crippen molar-refractivity contribution in [1.82, 2.24) is 29.9 Å². The molecule has 0 unspecified atom stereocenters. The smallest absolute Gasteiger partial charge is 0.338 e. The Morgan fingerprint density at radius 2 is 0.559 bits per heavy atom. The maximum atomic E-state index is 12.6. The summed E-state index contributed by atoms with van der Waals surface area (Å²) in [6.07, 6.45) is 1.63. The van der Waals surface area contributed by atoms with E-state index in [0.29, 0.717) is 120 Å². The zero-order chi connectivity index (χ0) is 76.1. The summed E-state index contributed by atoms with van der Waals surface area (Å²) in [4.78, 5) is 77.6. The lowest BCUT2D eigenvalue weighted by atomic mass is 9.99. The van der Waals surface area contributed by atoms with E-state index >= 15 is 0 Å². The summed E-state index contributed by atoms with van der Waals surface area (Å²) < 4.78 is 48.3. The normalized spacial score (nSPS) is 12.4. The monoisotopic (exact) mass is 1510 g/mol. The fourth-order valence-electron chi connectivity index (χ4n) is 9.85. The molecule has 0 aliphatic carbocycles. The minimum atomic E-state index is -2.40. The number of nitrogens with one attached hydrogen (secondary N) is 6. The minimum absolute atomic E-state index is 0.127. The van der Waals surface area contributed by atoms with Crippen LogP contribution < -0.4 is 31.9 Å². The van der Waals surface area contributed by atoms with Crippen LogP contribution in [0.4, 0.5) is 58.4 Å². The van der Waals surface area contributed by atoms with Crippen molar-refractivity contribution in [2.45, 2.75) is 186 Å². The van der Waals surface area contributed by atoms with Gasteiger partial charge in [0.05, 0.1) is 48.7 Å². The molecule has 6 rings (SSSR count). The van der Waals surface area contributed by atoms with E-state index < -0.39 is 50.4 Å². The van der Waals surface area contributed by atoms with Crippen LogP contribution in [0.15, 0.2) is 97.1 Å². The van der Waals surface area contributed by atoms with Crippen molar-refractivity contribution in [2.75, 3.05) is 71.4 Å². The second-order valence-corrected chi connectivity index (χ2v) is 58.6. The molecular weight excluding hydrogens is 1390 g/mol. The van der Waals surface area contributed by atoms with Gasteiger partial charge in [0.1, 0.15) is 0 Å². The molecule has 2 heterocycles. The molecule has 0 spiro atoms. The molecule has 0 aliphatic heterocycles. The van der Waals surface area contributed by atoms with Gasteiger partial charge in [-0.1, -0.05) is 69.2 Å². The van der Waals surface area contributed by atoms with Gasteiger partial charge in [-0.3, -0.25) is 0 Å². The first-order valence-corrected chi connectivity index (χ1v) is 53.8. The van der Waals surface area contributed by atoms with E-state index in [1.165, 1.54) is 0 Å². The predicted molar refractivity (Wildman–Crippen MR) is 425 cm³/mol. The van der Waals surface area contributed by atoms with Gasteiger partial charge in [-0.15, -0.1) is 0 Å². The molecule has 0 saturated carbocycles. The highest BCUT2D eigenvalue weighted by molar-refractivity contribution is 6.88. The van der Waals surface area contributed by atoms with Crippen LogP contribution in [0.2, 0.25) is 104 Å². The Labute approximate surface area is 612 Å². The highest BCUT2D eigenvalue weighted by Gasteiger charge is 2.41. The van der Waals surface area contributed by atoms with Crippen LogP contribution >= 0.6 is 0 Å². The Morgan fingerprint density at radius 1 is 0.343 bits per heavy atom. The summed E-state index contributed by atoms with van der Waals surface area (Å²) in [5, 5.41) is 19.6. The molecule has 0 atom stereocenters. The Hall–Kier alpha value is -7.28. The van der Waals surface area contributed by atoms with E-state index in [9.17, 15) is 19.2 Å². The molecule has 2 aromatic heterocycles. The standard InChI is InChI=1S/C37H60N6O6Si3.C35H56N6O6Si3/c1-36(2,3)25-46-31(44)27-15-19-29(20-16-27)39-34-41-33(38-23-14-24-52(13,48-50(7,8)9)49-51(10,11)12)42-35(43-34)40-30-21-17-28(18-22-30)32(45)47-26-37(4,5)6;1-25(2)23-44-31(42)27-13-17-29(18-14-27)37-34-39-33(36-21-12-22-50(11,46-48(5,6)7)47-49(8,9)10)40-35(41-34)38-30-19-15-28(16-20-30)32(43)45-24-26(3)4/h15-22H,14,23-26H2,1-13H3,(H3,38,39,40,41,42,43);13-20,25-26H,12,21-24H2,1-11H3,(H3,36,37,38,39,40,41). The van der Waals surface area contributed by atoms with Crippen molar-refractivity contribution in [2.24, 2.45) is 22.7 Å². The average molecular weight is 1510 g/mol. The third-order valence-electron chi connectivity index (χ3n) is 13.4. The Balaban J connectivity index is 0.000000367. The van der Waals surface area contributed by atoms with Gasteiger partial charge in [0.15, 0.2) is 33.3 Å². The topological polar surface area (TPSA) is 292 Å². The van der Waals surface area contributed by atoms with Gasteiger partial charge in [-0.25, -0.2) is 19.2 Å². The van der Waals surface area contributed by atoms with Crippen LogP contribution in [-0.2, 0) is 35.4 Å². The van der Waals surface area contributed by atoms with Crippen LogP contribution in [0.25, 0.3) is 0 Å². The van der Waals surface area contributed by atoms with Crippen LogP contribution in [0.5, 0.6) is 0 Å². The number of rotatable bonds is 36. The lowest BCUT2D eigenvalue weighted by Gasteiger charge is -2.38. The maximum Gasteiger partial charge on any atom is 0.338 e. The molecule has 0 radical (unpaired) electrons. The van der Waals surface area contributed by atoms with Gasteiger partial charge >= 0.3 is 41.0 Å². The lowest BCUT2D eigenvalue weighted by molar-refractivity contribution is 0.0360. The van der Waals surface area contributed by atoms with Crippen LogP contribution in [-0.4, -0.2) is 144 Å². The molecule has 6 N–H and O–H groups in total. The maximum absolute atomic E-state index is 12.6. The molecule has 0 aliphatic rings. The number of hydrogen-bond donors (Lipinski definition) is 6. The fraction of sp³-hybridized carbons (Fsp3) is 0.528. The van der Waals surface area contributed by atoms with E-state index in [0.717, 1.165) is 24.9 Å². The second kappa shape index (κ2) is 37.4. The van der Waals surface area contributed by atoms with Crippen molar-refractivity contribution < 1.29 is 54.6 Å². The Morgan fingerprint density at radius 3 is 0.765 bits per heavy atom. The van der Waals surface area contributed by atoms with Gasteiger partial charge in [0, 0.05) is 35.8 Å². The van der Waals surface area contributed by atoms with Crippen LogP contribution in [0.1, 0.15) is 124 Å². The van der Waals surface area contributed by atoms with E-state index in [1.807, 2.05) is 69.2 Å². The number of anilines is 10. The second-order valence-electron chi connectivity index (χ2n) is 32.9. The van der Waals surface area contributed by atoms with Gasteiger partial charge in [0.2, 0.25) is 35.7 Å². The molecule has 6 aromatic rings. The number of carbonyl (C=O) groups excluding carboxylic acids is 4. The van der Waals surface area contributed by atoms with Crippen molar-refractivity contribution in [3.63, 3.8) is 0 Å². The first kappa shape index (κ1) is 85.4. The molecule has 0 saturated heterocycles. The Kier molecular flexibility index (Phi) is 31.3. The van der Waals surface area contributed by atoms with Gasteiger partial charge in [-0.05, 0) is 236 Å². The highest BCUT2D eigenvalue weighted by Crippen LogP contribution is 2.30. The molecule has 0 bridgehead atoms. The summed E-state index contributed by atoms with van der Waals surface area (Å²) in [5.74, 6) is 0.982. The zero-order valence-electron chi connectivity index (χ0n) is 65.0. The largest absolute Gasteiger partial charge is 0.462 e.